The largest absolute Gasteiger partial charge is 0.387 e. The van der Waals surface area contributed by atoms with Crippen LogP contribution in [0.1, 0.15) is 37.4 Å². The summed E-state index contributed by atoms with van der Waals surface area (Å²) in [7, 11) is 0. The normalized spacial score (nSPS) is 17.9. The molecule has 0 spiro atoms. The van der Waals surface area contributed by atoms with Crippen LogP contribution >= 0.6 is 0 Å². The molecule has 2 N–H and O–H groups in total. The molecule has 1 fully saturated rings. The Hall–Kier alpha value is -1.35. The lowest BCUT2D eigenvalue weighted by Gasteiger charge is -2.14. The molecule has 1 aromatic carbocycles. The van der Waals surface area contributed by atoms with Crippen LogP contribution in [0.3, 0.4) is 0 Å². The third-order valence-electron chi connectivity index (χ3n) is 3.38. The first-order valence-electron chi connectivity index (χ1n) is 6.28. The molecule has 0 aliphatic heterocycles. The van der Waals surface area contributed by atoms with Crippen LogP contribution in [0.25, 0.3) is 0 Å². The van der Waals surface area contributed by atoms with Crippen molar-refractivity contribution in [1.82, 2.24) is 5.32 Å². The first kappa shape index (κ1) is 12.1. The highest BCUT2D eigenvalue weighted by molar-refractivity contribution is 5.78. The Kier molecular flexibility index (Phi) is 4.15. The molecule has 3 heteroatoms. The van der Waals surface area contributed by atoms with Gasteiger partial charge in [-0.1, -0.05) is 43.2 Å². The fourth-order valence-corrected chi connectivity index (χ4v) is 2.32. The zero-order chi connectivity index (χ0) is 12.1. The van der Waals surface area contributed by atoms with Gasteiger partial charge in [0.05, 0.1) is 6.10 Å². The highest BCUT2D eigenvalue weighted by Gasteiger charge is 2.22. The van der Waals surface area contributed by atoms with Crippen molar-refractivity contribution in [2.75, 3.05) is 6.54 Å². The summed E-state index contributed by atoms with van der Waals surface area (Å²) >= 11 is 0. The molecule has 1 aliphatic rings. The summed E-state index contributed by atoms with van der Waals surface area (Å²) in [4.78, 5) is 11.8. The molecule has 0 heterocycles. The second kappa shape index (κ2) is 5.82. The van der Waals surface area contributed by atoms with Crippen molar-refractivity contribution in [3.63, 3.8) is 0 Å². The van der Waals surface area contributed by atoms with E-state index in [9.17, 15) is 9.90 Å². The first-order valence-corrected chi connectivity index (χ1v) is 6.28. The van der Waals surface area contributed by atoms with E-state index in [1.54, 1.807) is 0 Å². The van der Waals surface area contributed by atoms with Crippen molar-refractivity contribution in [2.45, 2.75) is 31.8 Å². The molecular formula is C14H19NO2. The van der Waals surface area contributed by atoms with Gasteiger partial charge in [-0.05, 0) is 18.4 Å². The number of aliphatic hydroxyl groups is 1. The first-order chi connectivity index (χ1) is 8.27. The van der Waals surface area contributed by atoms with Gasteiger partial charge >= 0.3 is 0 Å². The quantitative estimate of drug-likeness (QED) is 0.836. The van der Waals surface area contributed by atoms with Gasteiger partial charge < -0.3 is 10.4 Å². The van der Waals surface area contributed by atoms with Crippen molar-refractivity contribution in [2.24, 2.45) is 5.92 Å². The molecule has 1 aromatic rings. The fourth-order valence-electron chi connectivity index (χ4n) is 2.32. The molecule has 0 saturated heterocycles. The van der Waals surface area contributed by atoms with E-state index >= 15 is 0 Å². The highest BCUT2D eigenvalue weighted by Crippen LogP contribution is 2.24. The van der Waals surface area contributed by atoms with E-state index in [1.807, 2.05) is 30.3 Å². The minimum atomic E-state index is -0.610. The highest BCUT2D eigenvalue weighted by atomic mass is 16.3. The summed E-state index contributed by atoms with van der Waals surface area (Å²) in [6.07, 6.45) is 3.68. The lowest BCUT2D eigenvalue weighted by Crippen LogP contribution is -2.32. The van der Waals surface area contributed by atoms with Crippen molar-refractivity contribution in [3.05, 3.63) is 35.9 Å². The molecule has 3 nitrogen and oxygen atoms in total. The molecule has 17 heavy (non-hydrogen) atoms. The lowest BCUT2D eigenvalue weighted by molar-refractivity contribution is -0.125. The van der Waals surface area contributed by atoms with Crippen molar-refractivity contribution in [1.29, 1.82) is 0 Å². The van der Waals surface area contributed by atoms with Gasteiger partial charge in [0, 0.05) is 12.5 Å². The monoisotopic (exact) mass is 233 g/mol. The van der Waals surface area contributed by atoms with E-state index < -0.39 is 6.10 Å². The predicted octanol–water partition coefficient (Wildman–Crippen LogP) is 2.03. The standard InChI is InChI=1S/C14H19NO2/c16-13(11-6-2-1-3-7-11)10-15-14(17)12-8-4-5-9-12/h1-3,6-7,12-13,16H,4-5,8-10H2,(H,15,17)/t13-/m1/s1. The van der Waals surface area contributed by atoms with Gasteiger partial charge in [0.25, 0.3) is 0 Å². The van der Waals surface area contributed by atoms with Crippen LogP contribution in [-0.2, 0) is 4.79 Å². The smallest absolute Gasteiger partial charge is 0.223 e. The van der Waals surface area contributed by atoms with Crippen molar-refractivity contribution in [3.8, 4) is 0 Å². The molecule has 0 aromatic heterocycles. The zero-order valence-electron chi connectivity index (χ0n) is 9.93. The summed E-state index contributed by atoms with van der Waals surface area (Å²) in [6, 6.07) is 9.42. The van der Waals surface area contributed by atoms with Crippen LogP contribution < -0.4 is 5.32 Å². The second-order valence-corrected chi connectivity index (χ2v) is 4.65. The van der Waals surface area contributed by atoms with E-state index in [1.165, 1.54) is 0 Å². The summed E-state index contributed by atoms with van der Waals surface area (Å²) < 4.78 is 0. The molecule has 0 bridgehead atoms. The third-order valence-corrected chi connectivity index (χ3v) is 3.38. The lowest BCUT2D eigenvalue weighted by atomic mass is 10.1. The summed E-state index contributed by atoms with van der Waals surface area (Å²) in [6.45, 7) is 0.305. The summed E-state index contributed by atoms with van der Waals surface area (Å²) in [5.74, 6) is 0.260. The Labute approximate surface area is 102 Å². The van der Waals surface area contributed by atoms with Crippen LogP contribution in [0.5, 0.6) is 0 Å². The summed E-state index contributed by atoms with van der Waals surface area (Å²) in [5, 5.41) is 12.7. The maximum Gasteiger partial charge on any atom is 0.223 e. The zero-order valence-corrected chi connectivity index (χ0v) is 9.93. The van der Waals surface area contributed by atoms with Crippen LogP contribution in [0.2, 0.25) is 0 Å². The third kappa shape index (κ3) is 3.30. The molecular weight excluding hydrogens is 214 g/mol. The Bertz CT molecular complexity index is 358. The van der Waals surface area contributed by atoms with Gasteiger partial charge in [-0.3, -0.25) is 4.79 Å². The fraction of sp³-hybridized carbons (Fsp3) is 0.500. The van der Waals surface area contributed by atoms with Crippen LogP contribution in [-0.4, -0.2) is 17.6 Å². The number of carbonyl (C=O) groups is 1. The average molecular weight is 233 g/mol. The van der Waals surface area contributed by atoms with Gasteiger partial charge in [-0.25, -0.2) is 0 Å². The van der Waals surface area contributed by atoms with E-state index in [-0.39, 0.29) is 11.8 Å². The average Bonchev–Trinajstić information content (AvgIpc) is 2.90. The Balaban J connectivity index is 1.80. The number of rotatable bonds is 4. The van der Waals surface area contributed by atoms with Gasteiger partial charge in [0.1, 0.15) is 0 Å². The predicted molar refractivity (Wildman–Crippen MR) is 66.4 cm³/mol. The molecule has 0 unspecified atom stereocenters. The number of benzene rings is 1. The minimum absolute atomic E-state index is 0.0949. The van der Waals surface area contributed by atoms with E-state index in [0.717, 1.165) is 31.2 Å². The molecule has 92 valence electrons. The maximum absolute atomic E-state index is 11.8. The number of hydrogen-bond acceptors (Lipinski definition) is 2. The number of hydrogen-bond donors (Lipinski definition) is 2. The Morgan fingerprint density at radius 2 is 1.94 bits per heavy atom. The van der Waals surface area contributed by atoms with Crippen molar-refractivity contribution >= 4 is 5.91 Å². The number of amides is 1. The van der Waals surface area contributed by atoms with Gasteiger partial charge in [-0.15, -0.1) is 0 Å². The van der Waals surface area contributed by atoms with E-state index in [2.05, 4.69) is 5.32 Å². The molecule has 1 aliphatic carbocycles. The van der Waals surface area contributed by atoms with Crippen molar-refractivity contribution < 1.29 is 9.90 Å². The van der Waals surface area contributed by atoms with E-state index in [0.29, 0.717) is 6.54 Å². The number of aliphatic hydroxyl groups excluding tert-OH is 1. The van der Waals surface area contributed by atoms with Crippen LogP contribution in [0.15, 0.2) is 30.3 Å². The van der Waals surface area contributed by atoms with Gasteiger partial charge in [-0.2, -0.15) is 0 Å². The van der Waals surface area contributed by atoms with Gasteiger partial charge in [0.15, 0.2) is 0 Å². The SMILES string of the molecule is O=C(NC[C@@H](O)c1ccccc1)C1CCCC1. The molecule has 2 rings (SSSR count). The molecule has 1 atom stereocenters. The van der Waals surface area contributed by atoms with E-state index in [4.69, 9.17) is 0 Å². The number of nitrogens with one attached hydrogen (secondary N) is 1. The maximum atomic E-state index is 11.8. The number of carbonyl (C=O) groups excluding carboxylic acids is 1. The second-order valence-electron chi connectivity index (χ2n) is 4.65. The Morgan fingerprint density at radius 3 is 2.59 bits per heavy atom. The van der Waals surface area contributed by atoms with Gasteiger partial charge in [0.2, 0.25) is 5.91 Å². The van der Waals surface area contributed by atoms with Crippen LogP contribution in [0.4, 0.5) is 0 Å². The van der Waals surface area contributed by atoms with Crippen LogP contribution in [0, 0.1) is 5.92 Å². The molecule has 1 amide bonds. The topological polar surface area (TPSA) is 49.3 Å². The Morgan fingerprint density at radius 1 is 1.29 bits per heavy atom. The molecule has 0 radical (unpaired) electrons. The summed E-state index contributed by atoms with van der Waals surface area (Å²) in [5.41, 5.74) is 0.847. The molecule has 1 saturated carbocycles. The minimum Gasteiger partial charge on any atom is -0.387 e.